The molecule has 0 bridgehead atoms. The minimum atomic E-state index is -0.204. The number of hydrogen-bond donors (Lipinski definition) is 2. The predicted octanol–water partition coefficient (Wildman–Crippen LogP) is 1.87. The molecule has 0 saturated heterocycles. The molecule has 90 valence electrons. The van der Waals surface area contributed by atoms with Gasteiger partial charge in [-0.1, -0.05) is 12.1 Å². The van der Waals surface area contributed by atoms with Gasteiger partial charge < -0.3 is 10.6 Å². The van der Waals surface area contributed by atoms with E-state index in [-0.39, 0.29) is 11.8 Å². The molecule has 0 heterocycles. The Balaban J connectivity index is 2.98. The van der Waals surface area contributed by atoms with Crippen LogP contribution in [-0.2, 0) is 4.79 Å². The summed E-state index contributed by atoms with van der Waals surface area (Å²) in [5.41, 5.74) is 2.08. The fourth-order valence-electron chi connectivity index (χ4n) is 1.37. The average Bonchev–Trinajstić information content (AvgIpc) is 2.31. The maximum atomic E-state index is 11.5. The van der Waals surface area contributed by atoms with Crippen molar-refractivity contribution in [2.45, 2.75) is 13.8 Å². The summed E-state index contributed by atoms with van der Waals surface area (Å²) in [4.78, 5) is 22.9. The number of carbonyl (C=O) groups excluding carboxylic acids is 2. The molecular weight excluding hydrogens is 216 g/mol. The average molecular weight is 232 g/mol. The zero-order valence-corrected chi connectivity index (χ0v) is 10.2. The Kier molecular flexibility index (Phi) is 4.46. The molecule has 0 aliphatic carbocycles. The van der Waals surface area contributed by atoms with Crippen molar-refractivity contribution in [2.75, 3.05) is 12.4 Å². The first kappa shape index (κ1) is 13.0. The number of anilines is 1. The third-order valence-electron chi connectivity index (χ3n) is 2.30. The monoisotopic (exact) mass is 232 g/mol. The van der Waals surface area contributed by atoms with E-state index in [1.807, 2.05) is 6.92 Å². The van der Waals surface area contributed by atoms with Gasteiger partial charge in [-0.15, -0.1) is 0 Å². The molecular formula is C13H16N2O2. The van der Waals surface area contributed by atoms with Crippen LogP contribution < -0.4 is 10.6 Å². The molecule has 0 aliphatic rings. The number of nitrogens with one attached hydrogen (secondary N) is 2. The molecule has 1 aromatic rings. The lowest BCUT2D eigenvalue weighted by Crippen LogP contribution is -2.18. The molecule has 17 heavy (non-hydrogen) atoms. The molecule has 0 atom stereocenters. The Morgan fingerprint density at radius 1 is 1.29 bits per heavy atom. The molecule has 0 spiro atoms. The van der Waals surface area contributed by atoms with E-state index in [0.717, 1.165) is 5.56 Å². The molecule has 0 fully saturated rings. The van der Waals surface area contributed by atoms with Crippen molar-refractivity contribution in [2.24, 2.45) is 0 Å². The molecule has 1 rings (SSSR count). The first-order chi connectivity index (χ1) is 8.08. The zero-order chi connectivity index (χ0) is 12.8. The highest BCUT2D eigenvalue weighted by atomic mass is 16.2. The predicted molar refractivity (Wildman–Crippen MR) is 68.0 cm³/mol. The topological polar surface area (TPSA) is 58.2 Å². The number of aryl methyl sites for hydroxylation is 1. The summed E-state index contributed by atoms with van der Waals surface area (Å²) in [6, 6.07) is 5.19. The summed E-state index contributed by atoms with van der Waals surface area (Å²) in [5.74, 6) is -0.379. The second kappa shape index (κ2) is 5.84. The lowest BCUT2D eigenvalue weighted by Gasteiger charge is -2.08. The van der Waals surface area contributed by atoms with Crippen molar-refractivity contribution >= 4 is 17.5 Å². The van der Waals surface area contributed by atoms with Gasteiger partial charge in [0.15, 0.2) is 0 Å². The van der Waals surface area contributed by atoms with Gasteiger partial charge in [-0.05, 0) is 37.6 Å². The van der Waals surface area contributed by atoms with Crippen LogP contribution in [-0.4, -0.2) is 18.9 Å². The summed E-state index contributed by atoms with van der Waals surface area (Å²) in [5, 5.41) is 5.27. The third kappa shape index (κ3) is 3.45. The second-order valence-corrected chi connectivity index (χ2v) is 3.60. The van der Waals surface area contributed by atoms with Crippen LogP contribution in [0.15, 0.2) is 30.4 Å². The highest BCUT2D eigenvalue weighted by Crippen LogP contribution is 2.16. The number of hydrogen-bond acceptors (Lipinski definition) is 2. The Morgan fingerprint density at radius 2 is 2.00 bits per heavy atom. The number of amides is 2. The normalized spacial score (nSPS) is 10.3. The smallest absolute Gasteiger partial charge is 0.251 e. The Labute approximate surface area is 101 Å². The van der Waals surface area contributed by atoms with E-state index in [1.54, 1.807) is 38.2 Å². The highest BCUT2D eigenvalue weighted by Gasteiger charge is 2.07. The first-order valence-corrected chi connectivity index (χ1v) is 5.35. The van der Waals surface area contributed by atoms with Crippen molar-refractivity contribution in [3.05, 3.63) is 41.5 Å². The van der Waals surface area contributed by atoms with E-state index in [2.05, 4.69) is 10.6 Å². The highest BCUT2D eigenvalue weighted by molar-refractivity contribution is 6.01. The van der Waals surface area contributed by atoms with Crippen molar-refractivity contribution in [3.63, 3.8) is 0 Å². The van der Waals surface area contributed by atoms with E-state index in [1.165, 1.54) is 6.08 Å². The van der Waals surface area contributed by atoms with Gasteiger partial charge in [0, 0.05) is 18.3 Å². The van der Waals surface area contributed by atoms with Gasteiger partial charge in [-0.25, -0.2) is 0 Å². The molecule has 0 aliphatic heterocycles. The number of benzene rings is 1. The summed E-state index contributed by atoms with van der Waals surface area (Å²) in [6.07, 6.45) is 3.10. The Bertz CT molecular complexity index is 464. The lowest BCUT2D eigenvalue weighted by atomic mass is 10.1. The molecule has 0 radical (unpaired) electrons. The molecule has 2 N–H and O–H groups in total. The van der Waals surface area contributed by atoms with Gasteiger partial charge in [-0.3, -0.25) is 9.59 Å². The molecule has 2 amide bonds. The molecule has 1 aromatic carbocycles. The van der Waals surface area contributed by atoms with E-state index in [9.17, 15) is 9.59 Å². The van der Waals surface area contributed by atoms with Crippen LogP contribution in [0.5, 0.6) is 0 Å². The second-order valence-electron chi connectivity index (χ2n) is 3.60. The number of allylic oxidation sites excluding steroid dienone is 1. The summed E-state index contributed by atoms with van der Waals surface area (Å²) < 4.78 is 0. The fraction of sp³-hybridized carbons (Fsp3) is 0.231. The van der Waals surface area contributed by atoms with Gasteiger partial charge >= 0.3 is 0 Å². The van der Waals surface area contributed by atoms with Crippen LogP contribution >= 0.6 is 0 Å². The SMILES string of the molecule is CC=CC(=O)Nc1cc(C(=O)NC)ccc1C. The summed E-state index contributed by atoms with van der Waals surface area (Å²) in [7, 11) is 1.57. The van der Waals surface area contributed by atoms with Gasteiger partial charge in [0.05, 0.1) is 0 Å². The minimum absolute atomic E-state index is 0.175. The number of carbonyl (C=O) groups is 2. The van der Waals surface area contributed by atoms with Crippen LogP contribution in [0, 0.1) is 6.92 Å². The van der Waals surface area contributed by atoms with Crippen LogP contribution in [0.4, 0.5) is 5.69 Å². The molecule has 4 heteroatoms. The maximum absolute atomic E-state index is 11.5. The van der Waals surface area contributed by atoms with Crippen molar-refractivity contribution in [3.8, 4) is 0 Å². The van der Waals surface area contributed by atoms with E-state index in [4.69, 9.17) is 0 Å². The molecule has 4 nitrogen and oxygen atoms in total. The Morgan fingerprint density at radius 3 is 2.59 bits per heavy atom. The largest absolute Gasteiger partial charge is 0.355 e. The Hall–Kier alpha value is -2.10. The van der Waals surface area contributed by atoms with Crippen LogP contribution in [0.2, 0.25) is 0 Å². The first-order valence-electron chi connectivity index (χ1n) is 5.35. The van der Waals surface area contributed by atoms with Crippen molar-refractivity contribution < 1.29 is 9.59 Å². The summed E-state index contributed by atoms with van der Waals surface area (Å²) in [6.45, 7) is 3.65. The van der Waals surface area contributed by atoms with Crippen molar-refractivity contribution in [1.29, 1.82) is 0 Å². The molecule has 0 aromatic heterocycles. The van der Waals surface area contributed by atoms with Gasteiger partial charge in [-0.2, -0.15) is 0 Å². The number of rotatable bonds is 3. The lowest BCUT2D eigenvalue weighted by molar-refractivity contribution is -0.111. The van der Waals surface area contributed by atoms with Crippen LogP contribution in [0.3, 0.4) is 0 Å². The van der Waals surface area contributed by atoms with Gasteiger partial charge in [0.25, 0.3) is 5.91 Å². The van der Waals surface area contributed by atoms with Crippen molar-refractivity contribution in [1.82, 2.24) is 5.32 Å². The molecule has 0 unspecified atom stereocenters. The standard InChI is InChI=1S/C13H16N2O2/c1-4-5-12(16)15-11-8-10(13(17)14-3)7-6-9(11)2/h4-8H,1-3H3,(H,14,17)(H,15,16). The summed E-state index contributed by atoms with van der Waals surface area (Å²) >= 11 is 0. The molecule has 0 saturated carbocycles. The fourth-order valence-corrected chi connectivity index (χ4v) is 1.37. The van der Waals surface area contributed by atoms with E-state index >= 15 is 0 Å². The maximum Gasteiger partial charge on any atom is 0.251 e. The van der Waals surface area contributed by atoms with E-state index in [0.29, 0.717) is 11.3 Å². The van der Waals surface area contributed by atoms with Crippen LogP contribution in [0.1, 0.15) is 22.8 Å². The third-order valence-corrected chi connectivity index (χ3v) is 2.30. The minimum Gasteiger partial charge on any atom is -0.355 e. The zero-order valence-electron chi connectivity index (χ0n) is 10.2. The quantitative estimate of drug-likeness (QED) is 0.782. The van der Waals surface area contributed by atoms with Gasteiger partial charge in [0.2, 0.25) is 5.91 Å². The van der Waals surface area contributed by atoms with E-state index < -0.39 is 0 Å². The van der Waals surface area contributed by atoms with Gasteiger partial charge in [0.1, 0.15) is 0 Å². The van der Waals surface area contributed by atoms with Crippen LogP contribution in [0.25, 0.3) is 0 Å².